The second-order valence-corrected chi connectivity index (χ2v) is 3.47. The molecule has 3 nitrogen and oxygen atoms in total. The Morgan fingerprint density at radius 1 is 1.35 bits per heavy atom. The van der Waals surface area contributed by atoms with Gasteiger partial charge in [0.05, 0.1) is 6.42 Å². The maximum atomic E-state index is 12.5. The van der Waals surface area contributed by atoms with Crippen molar-refractivity contribution in [2.75, 3.05) is 7.11 Å². The quantitative estimate of drug-likeness (QED) is 0.890. The summed E-state index contributed by atoms with van der Waals surface area (Å²) in [5.41, 5.74) is 0.396. The van der Waals surface area contributed by atoms with E-state index in [1.54, 1.807) is 0 Å². The van der Waals surface area contributed by atoms with Crippen LogP contribution in [-0.4, -0.2) is 24.4 Å². The zero-order valence-corrected chi connectivity index (χ0v) is 8.99. The number of carboxylic acid groups (broad SMARTS) is 1. The summed E-state index contributed by atoms with van der Waals surface area (Å²) in [5.74, 6) is -1.03. The number of methoxy groups -OCH3 is 1. The van der Waals surface area contributed by atoms with Crippen molar-refractivity contribution >= 4 is 5.97 Å². The molecule has 0 heterocycles. The van der Waals surface area contributed by atoms with Crippen molar-refractivity contribution < 1.29 is 27.8 Å². The summed E-state index contributed by atoms with van der Waals surface area (Å²) in [7, 11) is 0.976. The number of carbonyl (C=O) groups is 1. The second kappa shape index (κ2) is 5.18. The molecule has 17 heavy (non-hydrogen) atoms. The minimum Gasteiger partial charge on any atom is -0.481 e. The molecule has 94 valence electrons. The van der Waals surface area contributed by atoms with E-state index in [0.29, 0.717) is 5.56 Å². The Morgan fingerprint density at radius 3 is 2.24 bits per heavy atom. The standard InChI is InChI=1S/C11H11F3O3/c1-17-10(11(12,13)14)8-4-2-7(3-5-8)6-9(15)16/h2-5,10H,6H2,1H3,(H,15,16). The zero-order chi connectivity index (χ0) is 13.1. The van der Waals surface area contributed by atoms with Gasteiger partial charge in [-0.05, 0) is 11.1 Å². The number of rotatable bonds is 4. The zero-order valence-electron chi connectivity index (χ0n) is 8.99. The Morgan fingerprint density at radius 2 is 1.88 bits per heavy atom. The molecular weight excluding hydrogens is 237 g/mol. The molecule has 0 aliphatic rings. The summed E-state index contributed by atoms with van der Waals surface area (Å²) in [6, 6.07) is 5.14. The van der Waals surface area contributed by atoms with Crippen LogP contribution in [0.1, 0.15) is 17.2 Å². The van der Waals surface area contributed by atoms with E-state index in [2.05, 4.69) is 4.74 Å². The molecule has 0 aliphatic heterocycles. The fourth-order valence-electron chi connectivity index (χ4n) is 1.44. The van der Waals surface area contributed by atoms with Gasteiger partial charge in [-0.1, -0.05) is 24.3 Å². The third-order valence-electron chi connectivity index (χ3n) is 2.17. The van der Waals surface area contributed by atoms with Crippen LogP contribution in [0.25, 0.3) is 0 Å². The number of aliphatic carboxylic acids is 1. The Hall–Kier alpha value is -1.56. The SMILES string of the molecule is COC(c1ccc(CC(=O)O)cc1)C(F)(F)F. The monoisotopic (exact) mass is 248 g/mol. The molecule has 1 rings (SSSR count). The van der Waals surface area contributed by atoms with Crippen LogP contribution in [0.15, 0.2) is 24.3 Å². The molecular formula is C11H11F3O3. The molecule has 0 saturated heterocycles. The molecule has 0 fully saturated rings. The van der Waals surface area contributed by atoms with Crippen LogP contribution in [0, 0.1) is 0 Å². The van der Waals surface area contributed by atoms with Gasteiger partial charge in [0.15, 0.2) is 6.10 Å². The fourth-order valence-corrected chi connectivity index (χ4v) is 1.44. The average Bonchev–Trinajstić information content (AvgIpc) is 2.18. The van der Waals surface area contributed by atoms with Crippen LogP contribution in [0.2, 0.25) is 0 Å². The Balaban J connectivity index is 2.89. The van der Waals surface area contributed by atoms with Crippen LogP contribution in [0.5, 0.6) is 0 Å². The maximum absolute atomic E-state index is 12.5. The first-order valence-electron chi connectivity index (χ1n) is 4.74. The number of halogens is 3. The van der Waals surface area contributed by atoms with Gasteiger partial charge >= 0.3 is 12.1 Å². The Labute approximate surface area is 95.8 Å². The van der Waals surface area contributed by atoms with E-state index in [1.165, 1.54) is 24.3 Å². The van der Waals surface area contributed by atoms with Crippen LogP contribution >= 0.6 is 0 Å². The molecule has 1 aromatic rings. The number of alkyl halides is 3. The summed E-state index contributed by atoms with van der Waals surface area (Å²) in [6.07, 6.45) is -6.69. The summed E-state index contributed by atoms with van der Waals surface area (Å²) < 4.78 is 41.9. The molecule has 1 aromatic carbocycles. The minimum absolute atomic E-state index is 0.0471. The van der Waals surface area contributed by atoms with Gasteiger partial charge < -0.3 is 9.84 Å². The van der Waals surface area contributed by atoms with E-state index >= 15 is 0 Å². The van der Waals surface area contributed by atoms with Gasteiger partial charge in [-0.3, -0.25) is 4.79 Å². The Kier molecular flexibility index (Phi) is 4.11. The van der Waals surface area contributed by atoms with Crippen LogP contribution in [0.4, 0.5) is 13.2 Å². The smallest absolute Gasteiger partial charge is 0.418 e. The molecule has 1 N–H and O–H groups in total. The first kappa shape index (κ1) is 13.5. The topological polar surface area (TPSA) is 46.5 Å². The van der Waals surface area contributed by atoms with Crippen molar-refractivity contribution in [1.82, 2.24) is 0 Å². The van der Waals surface area contributed by atoms with Crippen molar-refractivity contribution in [3.8, 4) is 0 Å². The van der Waals surface area contributed by atoms with E-state index in [0.717, 1.165) is 7.11 Å². The molecule has 0 amide bonds. The van der Waals surface area contributed by atoms with Gasteiger partial charge in [-0.15, -0.1) is 0 Å². The van der Waals surface area contributed by atoms with Crippen LogP contribution < -0.4 is 0 Å². The highest BCUT2D eigenvalue weighted by Crippen LogP contribution is 2.35. The highest BCUT2D eigenvalue weighted by Gasteiger charge is 2.41. The maximum Gasteiger partial charge on any atom is 0.418 e. The van der Waals surface area contributed by atoms with Crippen molar-refractivity contribution in [3.63, 3.8) is 0 Å². The summed E-state index contributed by atoms with van der Waals surface area (Å²) in [6.45, 7) is 0. The van der Waals surface area contributed by atoms with E-state index in [1.807, 2.05) is 0 Å². The number of benzene rings is 1. The van der Waals surface area contributed by atoms with Gasteiger partial charge in [-0.2, -0.15) is 13.2 Å². The van der Waals surface area contributed by atoms with Crippen LogP contribution in [-0.2, 0) is 16.0 Å². The lowest BCUT2D eigenvalue weighted by Crippen LogP contribution is -2.22. The summed E-state index contributed by atoms with van der Waals surface area (Å²) >= 11 is 0. The minimum atomic E-state index is -4.48. The first-order valence-corrected chi connectivity index (χ1v) is 4.74. The highest BCUT2D eigenvalue weighted by molar-refractivity contribution is 5.70. The molecule has 0 aliphatic carbocycles. The van der Waals surface area contributed by atoms with E-state index in [-0.39, 0.29) is 12.0 Å². The number of hydrogen-bond donors (Lipinski definition) is 1. The average molecular weight is 248 g/mol. The molecule has 1 unspecified atom stereocenters. The van der Waals surface area contributed by atoms with Crippen molar-refractivity contribution in [3.05, 3.63) is 35.4 Å². The van der Waals surface area contributed by atoms with Crippen molar-refractivity contribution in [2.45, 2.75) is 18.7 Å². The van der Waals surface area contributed by atoms with E-state index in [9.17, 15) is 18.0 Å². The lowest BCUT2D eigenvalue weighted by atomic mass is 10.0. The highest BCUT2D eigenvalue weighted by atomic mass is 19.4. The predicted molar refractivity (Wildman–Crippen MR) is 53.6 cm³/mol. The predicted octanol–water partition coefficient (Wildman–Crippen LogP) is 2.56. The fraction of sp³-hybridized carbons (Fsp3) is 0.364. The van der Waals surface area contributed by atoms with Crippen LogP contribution in [0.3, 0.4) is 0 Å². The Bertz CT molecular complexity index is 384. The molecule has 0 bridgehead atoms. The van der Waals surface area contributed by atoms with Gasteiger partial charge in [0.1, 0.15) is 0 Å². The lowest BCUT2D eigenvalue weighted by molar-refractivity contribution is -0.215. The summed E-state index contributed by atoms with van der Waals surface area (Å²) in [5, 5.41) is 8.52. The lowest BCUT2D eigenvalue weighted by Gasteiger charge is -2.19. The number of ether oxygens (including phenoxy) is 1. The van der Waals surface area contributed by atoms with Gasteiger partial charge in [0.2, 0.25) is 0 Å². The molecule has 0 aromatic heterocycles. The first-order chi connectivity index (χ1) is 7.84. The van der Waals surface area contributed by atoms with E-state index in [4.69, 9.17) is 5.11 Å². The molecule has 6 heteroatoms. The number of carboxylic acids is 1. The van der Waals surface area contributed by atoms with Crippen molar-refractivity contribution in [1.29, 1.82) is 0 Å². The molecule has 1 atom stereocenters. The number of hydrogen-bond acceptors (Lipinski definition) is 2. The third-order valence-corrected chi connectivity index (χ3v) is 2.17. The summed E-state index contributed by atoms with van der Waals surface area (Å²) in [4.78, 5) is 10.4. The largest absolute Gasteiger partial charge is 0.481 e. The van der Waals surface area contributed by atoms with Gasteiger partial charge in [-0.25, -0.2) is 0 Å². The van der Waals surface area contributed by atoms with Gasteiger partial charge in [0, 0.05) is 7.11 Å². The molecule has 0 spiro atoms. The normalized spacial score (nSPS) is 13.4. The molecule has 0 radical (unpaired) electrons. The van der Waals surface area contributed by atoms with Gasteiger partial charge in [0.25, 0.3) is 0 Å². The van der Waals surface area contributed by atoms with E-state index < -0.39 is 18.2 Å². The molecule has 0 saturated carbocycles. The third kappa shape index (κ3) is 3.74. The van der Waals surface area contributed by atoms with Crippen molar-refractivity contribution in [2.24, 2.45) is 0 Å². The second-order valence-electron chi connectivity index (χ2n) is 3.47.